The first kappa shape index (κ1) is 5.70. The van der Waals surface area contributed by atoms with Crippen molar-refractivity contribution in [1.29, 1.82) is 0 Å². The predicted molar refractivity (Wildman–Crippen MR) is 35.2 cm³/mol. The summed E-state index contributed by atoms with van der Waals surface area (Å²) in [7, 11) is 0. The van der Waals surface area contributed by atoms with Gasteiger partial charge in [0, 0.05) is 12.8 Å². The van der Waals surface area contributed by atoms with Gasteiger partial charge in [-0.2, -0.15) is 0 Å². The van der Waals surface area contributed by atoms with Crippen LogP contribution in [0.15, 0.2) is 4.99 Å². The van der Waals surface area contributed by atoms with Gasteiger partial charge in [0.05, 0.1) is 6.54 Å². The Hall–Kier alpha value is -1.06. The van der Waals surface area contributed by atoms with E-state index in [1.165, 1.54) is 0 Å². The van der Waals surface area contributed by atoms with Gasteiger partial charge in [0.25, 0.3) is 0 Å². The number of aliphatic imine (C=N–C) groups is 1. The van der Waals surface area contributed by atoms with Gasteiger partial charge in [0.1, 0.15) is 12.6 Å². The Bertz CT molecular complexity index is 190. The zero-order valence-electron chi connectivity index (χ0n) is 5.49. The summed E-state index contributed by atoms with van der Waals surface area (Å²) >= 11 is 0. The molecular weight excluding hydrogens is 132 g/mol. The molecule has 0 aromatic heterocycles. The standard InChI is InChI=1S/C6H8N2O2/c9-6-8-2-1-7-3-5(8)4-10-6/h3,5H,1-2,4H2. The lowest BCUT2D eigenvalue weighted by atomic mass is 10.3. The molecule has 0 spiro atoms. The molecule has 10 heavy (non-hydrogen) atoms. The molecular formula is C6H8N2O2. The van der Waals surface area contributed by atoms with Crippen molar-refractivity contribution in [3.8, 4) is 0 Å². The number of amides is 1. The van der Waals surface area contributed by atoms with Gasteiger partial charge in [-0.05, 0) is 0 Å². The number of rotatable bonds is 0. The van der Waals surface area contributed by atoms with Gasteiger partial charge in [-0.1, -0.05) is 0 Å². The van der Waals surface area contributed by atoms with Crippen LogP contribution in [0.2, 0.25) is 0 Å². The molecule has 0 aromatic rings. The van der Waals surface area contributed by atoms with Crippen LogP contribution < -0.4 is 0 Å². The van der Waals surface area contributed by atoms with Crippen molar-refractivity contribution in [2.24, 2.45) is 4.99 Å². The quantitative estimate of drug-likeness (QED) is 0.471. The van der Waals surface area contributed by atoms with E-state index in [-0.39, 0.29) is 12.1 Å². The number of nitrogens with zero attached hydrogens (tertiary/aromatic N) is 2. The third kappa shape index (κ3) is 0.683. The van der Waals surface area contributed by atoms with Crippen molar-refractivity contribution >= 4 is 12.3 Å². The Labute approximate surface area is 58.5 Å². The first-order valence-electron chi connectivity index (χ1n) is 3.31. The summed E-state index contributed by atoms with van der Waals surface area (Å²) in [5.74, 6) is 0. The van der Waals surface area contributed by atoms with E-state index in [9.17, 15) is 4.79 Å². The predicted octanol–water partition coefficient (Wildman–Crippen LogP) is -0.108. The molecule has 2 heterocycles. The van der Waals surface area contributed by atoms with Crippen molar-refractivity contribution in [3.05, 3.63) is 0 Å². The van der Waals surface area contributed by atoms with Crippen LogP contribution in [0, 0.1) is 0 Å². The maximum atomic E-state index is 10.9. The van der Waals surface area contributed by atoms with Crippen LogP contribution in [-0.4, -0.2) is 42.9 Å². The summed E-state index contributed by atoms with van der Waals surface area (Å²) in [5, 5.41) is 0. The fourth-order valence-electron chi connectivity index (χ4n) is 1.21. The second-order valence-electron chi connectivity index (χ2n) is 2.39. The summed E-state index contributed by atoms with van der Waals surface area (Å²) in [4.78, 5) is 16.6. The van der Waals surface area contributed by atoms with E-state index in [0.29, 0.717) is 19.7 Å². The maximum Gasteiger partial charge on any atom is 0.410 e. The number of carbonyl (C=O) groups is 1. The molecule has 2 aliphatic heterocycles. The summed E-state index contributed by atoms with van der Waals surface area (Å²) in [6, 6.07) is 0.112. The zero-order chi connectivity index (χ0) is 6.97. The number of cyclic esters (lactones) is 1. The lowest BCUT2D eigenvalue weighted by molar-refractivity contribution is 0.158. The lowest BCUT2D eigenvalue weighted by Crippen LogP contribution is -2.39. The Kier molecular flexibility index (Phi) is 1.12. The van der Waals surface area contributed by atoms with Gasteiger partial charge in [0.2, 0.25) is 0 Å². The molecule has 2 rings (SSSR count). The van der Waals surface area contributed by atoms with E-state index < -0.39 is 0 Å². The molecule has 1 unspecified atom stereocenters. The maximum absolute atomic E-state index is 10.9. The highest BCUT2D eigenvalue weighted by Crippen LogP contribution is 2.12. The summed E-state index contributed by atoms with van der Waals surface area (Å²) in [6.45, 7) is 1.90. The van der Waals surface area contributed by atoms with Crippen molar-refractivity contribution in [1.82, 2.24) is 4.90 Å². The van der Waals surface area contributed by atoms with Gasteiger partial charge in [-0.15, -0.1) is 0 Å². The molecule has 0 aliphatic carbocycles. The molecule has 0 aromatic carbocycles. The Morgan fingerprint density at radius 3 is 3.50 bits per heavy atom. The van der Waals surface area contributed by atoms with Crippen LogP contribution in [0.1, 0.15) is 0 Å². The molecule has 1 atom stereocenters. The topological polar surface area (TPSA) is 41.9 Å². The molecule has 0 bridgehead atoms. The highest BCUT2D eigenvalue weighted by Gasteiger charge is 2.32. The van der Waals surface area contributed by atoms with Crippen LogP contribution in [0.5, 0.6) is 0 Å². The fourth-order valence-corrected chi connectivity index (χ4v) is 1.21. The normalized spacial score (nSPS) is 30.2. The Morgan fingerprint density at radius 2 is 2.70 bits per heavy atom. The number of hydrogen-bond acceptors (Lipinski definition) is 3. The molecule has 4 nitrogen and oxygen atoms in total. The summed E-state index contributed by atoms with van der Waals surface area (Å²) in [5.41, 5.74) is 0. The highest BCUT2D eigenvalue weighted by molar-refractivity contribution is 5.79. The monoisotopic (exact) mass is 140 g/mol. The first-order valence-corrected chi connectivity index (χ1v) is 3.31. The summed E-state index contributed by atoms with van der Waals surface area (Å²) in [6.07, 6.45) is 1.59. The Morgan fingerprint density at radius 1 is 1.80 bits per heavy atom. The number of carbonyl (C=O) groups excluding carboxylic acids is 1. The van der Waals surface area contributed by atoms with Crippen molar-refractivity contribution < 1.29 is 9.53 Å². The van der Waals surface area contributed by atoms with E-state index in [1.54, 1.807) is 11.1 Å². The van der Waals surface area contributed by atoms with Crippen LogP contribution in [0.3, 0.4) is 0 Å². The molecule has 0 radical (unpaired) electrons. The molecule has 54 valence electrons. The first-order chi connectivity index (χ1) is 4.88. The number of hydrogen-bond donors (Lipinski definition) is 0. The van der Waals surface area contributed by atoms with Crippen molar-refractivity contribution in [2.75, 3.05) is 19.7 Å². The molecule has 1 amide bonds. The van der Waals surface area contributed by atoms with E-state index in [1.807, 2.05) is 0 Å². The molecule has 0 N–H and O–H groups in total. The average molecular weight is 140 g/mol. The Balaban J connectivity index is 2.19. The molecule has 1 fully saturated rings. The minimum atomic E-state index is -0.198. The van der Waals surface area contributed by atoms with Crippen LogP contribution in [-0.2, 0) is 4.74 Å². The SMILES string of the molecule is O=C1OCC2C=NCCN12. The van der Waals surface area contributed by atoms with E-state index in [2.05, 4.69) is 4.99 Å². The molecule has 2 aliphatic rings. The van der Waals surface area contributed by atoms with Crippen LogP contribution in [0.4, 0.5) is 4.79 Å². The number of fused-ring (bicyclic) bond motifs is 1. The van der Waals surface area contributed by atoms with Crippen molar-refractivity contribution in [2.45, 2.75) is 6.04 Å². The van der Waals surface area contributed by atoms with Crippen LogP contribution >= 0.6 is 0 Å². The lowest BCUT2D eigenvalue weighted by Gasteiger charge is -2.20. The van der Waals surface area contributed by atoms with Gasteiger partial charge in [-0.25, -0.2) is 4.79 Å². The second kappa shape index (κ2) is 1.97. The number of ether oxygens (including phenoxy) is 1. The zero-order valence-corrected chi connectivity index (χ0v) is 5.49. The van der Waals surface area contributed by atoms with Crippen molar-refractivity contribution in [3.63, 3.8) is 0 Å². The molecule has 0 saturated carbocycles. The van der Waals surface area contributed by atoms with E-state index in [4.69, 9.17) is 4.74 Å². The smallest absolute Gasteiger partial charge is 0.410 e. The molecule has 4 heteroatoms. The second-order valence-corrected chi connectivity index (χ2v) is 2.39. The van der Waals surface area contributed by atoms with E-state index in [0.717, 1.165) is 0 Å². The minimum Gasteiger partial charge on any atom is -0.447 e. The van der Waals surface area contributed by atoms with Crippen LogP contribution in [0.25, 0.3) is 0 Å². The third-order valence-electron chi connectivity index (χ3n) is 1.76. The summed E-state index contributed by atoms with van der Waals surface area (Å²) < 4.78 is 4.80. The molecule has 1 saturated heterocycles. The fraction of sp³-hybridized carbons (Fsp3) is 0.667. The van der Waals surface area contributed by atoms with Gasteiger partial charge >= 0.3 is 6.09 Å². The third-order valence-corrected chi connectivity index (χ3v) is 1.76. The van der Waals surface area contributed by atoms with Gasteiger partial charge in [-0.3, -0.25) is 9.89 Å². The van der Waals surface area contributed by atoms with E-state index >= 15 is 0 Å². The minimum absolute atomic E-state index is 0.112. The van der Waals surface area contributed by atoms with Gasteiger partial charge in [0.15, 0.2) is 0 Å². The largest absolute Gasteiger partial charge is 0.447 e. The average Bonchev–Trinajstić information content (AvgIpc) is 2.34. The van der Waals surface area contributed by atoms with Gasteiger partial charge < -0.3 is 4.74 Å². The highest BCUT2D eigenvalue weighted by atomic mass is 16.6.